The van der Waals surface area contributed by atoms with E-state index in [2.05, 4.69) is 15.5 Å². The van der Waals surface area contributed by atoms with Crippen LogP contribution in [-0.2, 0) is 0 Å². The molecule has 0 aliphatic carbocycles. The Balaban J connectivity index is 1.72. The molecule has 3 aromatic rings. The molecule has 0 aliphatic heterocycles. The molecule has 2 aromatic carbocycles. The summed E-state index contributed by atoms with van der Waals surface area (Å²) >= 11 is 1.12. The molecule has 1 aromatic heterocycles. The molecule has 3 rings (SSSR count). The summed E-state index contributed by atoms with van der Waals surface area (Å²) < 4.78 is 45.4. The van der Waals surface area contributed by atoms with Crippen molar-refractivity contribution in [2.24, 2.45) is 5.10 Å². The molecule has 0 amide bonds. The third kappa shape index (κ3) is 5.66. The molecule has 5 nitrogen and oxygen atoms in total. The molecule has 0 atom stereocenters. The number of carbonyl (C=O) groups excluding carboxylic acids is 1. The van der Waals surface area contributed by atoms with Gasteiger partial charge in [-0.1, -0.05) is 30.3 Å². The molecule has 0 spiro atoms. The predicted octanol–water partition coefficient (Wildman–Crippen LogP) is 5.81. The quantitative estimate of drug-likeness (QED) is 0.277. The van der Waals surface area contributed by atoms with E-state index in [-0.39, 0.29) is 10.7 Å². The molecule has 1 N–H and O–H groups in total. The van der Waals surface area contributed by atoms with Crippen LogP contribution >= 0.6 is 11.3 Å². The number of anilines is 1. The second kappa shape index (κ2) is 9.53. The van der Waals surface area contributed by atoms with E-state index in [1.165, 1.54) is 12.1 Å². The van der Waals surface area contributed by atoms with Gasteiger partial charge in [0.1, 0.15) is 11.5 Å². The summed E-state index contributed by atoms with van der Waals surface area (Å²) in [6, 6.07) is 15.2. The highest BCUT2D eigenvalue weighted by Gasteiger charge is 2.37. The summed E-state index contributed by atoms with van der Waals surface area (Å²) in [4.78, 5) is 16.5. The summed E-state index contributed by atoms with van der Waals surface area (Å²) in [5, 5.41) is 5.34. The Kier molecular flexibility index (Phi) is 6.83. The minimum absolute atomic E-state index is 0.149. The zero-order chi connectivity index (χ0) is 21.6. The van der Waals surface area contributed by atoms with Gasteiger partial charge in [-0.15, -0.1) is 11.3 Å². The van der Waals surface area contributed by atoms with Crippen molar-refractivity contribution < 1.29 is 22.7 Å². The first-order chi connectivity index (χ1) is 14.4. The molecule has 0 bridgehead atoms. The van der Waals surface area contributed by atoms with E-state index < -0.39 is 24.1 Å². The SMILES string of the molecule is CCOc1ccc(C(=O)C/C(=N/Nc2nc(-c3ccccc3)cs2)C(F)(F)F)cc1. The van der Waals surface area contributed by atoms with E-state index in [4.69, 9.17) is 4.74 Å². The van der Waals surface area contributed by atoms with E-state index in [1.54, 1.807) is 17.5 Å². The number of aromatic nitrogens is 1. The molecule has 9 heteroatoms. The van der Waals surface area contributed by atoms with Gasteiger partial charge in [0.15, 0.2) is 5.78 Å². The first-order valence-corrected chi connectivity index (χ1v) is 9.91. The van der Waals surface area contributed by atoms with Crippen molar-refractivity contribution in [3.05, 3.63) is 65.5 Å². The van der Waals surface area contributed by atoms with Gasteiger partial charge >= 0.3 is 6.18 Å². The highest BCUT2D eigenvalue weighted by Crippen LogP contribution is 2.26. The topological polar surface area (TPSA) is 63.6 Å². The van der Waals surface area contributed by atoms with Crippen LogP contribution in [0.1, 0.15) is 23.7 Å². The molecule has 0 unspecified atom stereocenters. The van der Waals surface area contributed by atoms with Crippen LogP contribution in [0.25, 0.3) is 11.3 Å². The van der Waals surface area contributed by atoms with Crippen LogP contribution in [0.4, 0.5) is 18.3 Å². The number of hydrogen-bond acceptors (Lipinski definition) is 6. The smallest absolute Gasteiger partial charge is 0.431 e. The minimum Gasteiger partial charge on any atom is -0.494 e. The first-order valence-electron chi connectivity index (χ1n) is 9.03. The number of hydrogen-bond donors (Lipinski definition) is 1. The number of alkyl halides is 3. The lowest BCUT2D eigenvalue weighted by Crippen LogP contribution is -2.27. The number of nitrogens with one attached hydrogen (secondary N) is 1. The van der Waals surface area contributed by atoms with Crippen LogP contribution < -0.4 is 10.2 Å². The van der Waals surface area contributed by atoms with Crippen LogP contribution in [0.3, 0.4) is 0 Å². The van der Waals surface area contributed by atoms with Crippen molar-refractivity contribution >= 4 is 28.0 Å². The number of benzene rings is 2. The Morgan fingerprint density at radius 1 is 1.13 bits per heavy atom. The predicted molar refractivity (Wildman–Crippen MR) is 111 cm³/mol. The maximum Gasteiger partial charge on any atom is 0.431 e. The number of halogens is 3. The van der Waals surface area contributed by atoms with Gasteiger partial charge in [-0.05, 0) is 31.2 Å². The third-order valence-electron chi connectivity index (χ3n) is 4.00. The molecule has 0 aliphatic rings. The Bertz CT molecular complexity index is 1020. The van der Waals surface area contributed by atoms with Gasteiger partial charge in [0, 0.05) is 16.5 Å². The van der Waals surface area contributed by atoms with Crippen molar-refractivity contribution in [3.63, 3.8) is 0 Å². The van der Waals surface area contributed by atoms with Gasteiger partial charge in [-0.2, -0.15) is 18.3 Å². The molecule has 0 saturated carbocycles. The van der Waals surface area contributed by atoms with Crippen LogP contribution in [0, 0.1) is 0 Å². The summed E-state index contributed by atoms with van der Waals surface area (Å²) in [6.07, 6.45) is -5.64. The lowest BCUT2D eigenvalue weighted by atomic mass is 10.1. The summed E-state index contributed by atoms with van der Waals surface area (Å²) in [5.74, 6) is -0.154. The molecule has 0 fully saturated rings. The fraction of sp³-hybridized carbons (Fsp3) is 0.190. The second-order valence-electron chi connectivity index (χ2n) is 6.13. The van der Waals surface area contributed by atoms with Gasteiger partial charge < -0.3 is 4.74 Å². The molecule has 0 saturated heterocycles. The van der Waals surface area contributed by atoms with Gasteiger partial charge in [-0.25, -0.2) is 4.98 Å². The standard InChI is InChI=1S/C21H18F3N3O2S/c1-2-29-16-10-8-15(9-11-16)18(28)12-19(21(22,23)24)26-27-20-25-17(13-30-20)14-6-4-3-5-7-14/h3-11,13H,2,12H2,1H3,(H,25,27)/b26-19-. The number of thiazole rings is 1. The van der Waals surface area contributed by atoms with Gasteiger partial charge in [-0.3, -0.25) is 10.2 Å². The van der Waals surface area contributed by atoms with E-state index in [1.807, 2.05) is 37.3 Å². The maximum absolute atomic E-state index is 13.4. The van der Waals surface area contributed by atoms with Gasteiger partial charge in [0.25, 0.3) is 0 Å². The number of rotatable bonds is 8. The normalized spacial score (nSPS) is 11.9. The van der Waals surface area contributed by atoms with Crippen LogP contribution in [0.2, 0.25) is 0 Å². The summed E-state index contributed by atoms with van der Waals surface area (Å²) in [7, 11) is 0. The third-order valence-corrected chi connectivity index (χ3v) is 4.75. The Morgan fingerprint density at radius 3 is 2.47 bits per heavy atom. The zero-order valence-corrected chi connectivity index (χ0v) is 16.8. The Labute approximate surface area is 175 Å². The molecule has 1 heterocycles. The van der Waals surface area contributed by atoms with Crippen LogP contribution in [0.5, 0.6) is 5.75 Å². The number of carbonyl (C=O) groups is 1. The fourth-order valence-electron chi connectivity index (χ4n) is 2.54. The Hall–Kier alpha value is -3.20. The largest absolute Gasteiger partial charge is 0.494 e. The minimum atomic E-state index is -4.76. The molecular weight excluding hydrogens is 415 g/mol. The van der Waals surface area contributed by atoms with E-state index >= 15 is 0 Å². The summed E-state index contributed by atoms with van der Waals surface area (Å²) in [6.45, 7) is 2.26. The fourth-order valence-corrected chi connectivity index (χ4v) is 3.20. The average molecular weight is 433 g/mol. The second-order valence-corrected chi connectivity index (χ2v) is 6.99. The van der Waals surface area contributed by atoms with Gasteiger partial charge in [0.2, 0.25) is 5.13 Å². The van der Waals surface area contributed by atoms with Crippen molar-refractivity contribution in [2.75, 3.05) is 12.0 Å². The van der Waals surface area contributed by atoms with E-state index in [0.29, 0.717) is 18.1 Å². The maximum atomic E-state index is 13.4. The van der Waals surface area contributed by atoms with Crippen LogP contribution in [-0.4, -0.2) is 29.3 Å². The van der Waals surface area contributed by atoms with Gasteiger partial charge in [0.05, 0.1) is 18.7 Å². The molecular formula is C21H18F3N3O2S. The number of ketones is 1. The van der Waals surface area contributed by atoms with Crippen molar-refractivity contribution in [3.8, 4) is 17.0 Å². The van der Waals surface area contributed by atoms with Crippen molar-refractivity contribution in [1.29, 1.82) is 0 Å². The van der Waals surface area contributed by atoms with Crippen LogP contribution in [0.15, 0.2) is 65.1 Å². The lowest BCUT2D eigenvalue weighted by molar-refractivity contribution is -0.0602. The molecule has 156 valence electrons. The zero-order valence-electron chi connectivity index (χ0n) is 15.9. The number of ether oxygens (including phenoxy) is 1. The highest BCUT2D eigenvalue weighted by atomic mass is 32.1. The van der Waals surface area contributed by atoms with E-state index in [0.717, 1.165) is 16.9 Å². The summed E-state index contributed by atoms with van der Waals surface area (Å²) in [5.41, 5.74) is 2.71. The van der Waals surface area contributed by atoms with Crippen molar-refractivity contribution in [2.45, 2.75) is 19.5 Å². The molecule has 0 radical (unpaired) electrons. The number of hydrazone groups is 1. The number of nitrogens with zero attached hydrogens (tertiary/aromatic N) is 2. The monoisotopic (exact) mass is 433 g/mol. The Morgan fingerprint density at radius 2 is 1.83 bits per heavy atom. The first kappa shape index (κ1) is 21.5. The average Bonchev–Trinajstić information content (AvgIpc) is 3.20. The highest BCUT2D eigenvalue weighted by molar-refractivity contribution is 7.14. The number of Topliss-reactive ketones (excluding diaryl/α,β-unsaturated/α-hetero) is 1. The molecule has 30 heavy (non-hydrogen) atoms. The lowest BCUT2D eigenvalue weighted by Gasteiger charge is -2.10. The van der Waals surface area contributed by atoms with E-state index in [9.17, 15) is 18.0 Å². The van der Waals surface area contributed by atoms with Crippen molar-refractivity contribution in [1.82, 2.24) is 4.98 Å².